The molecule has 108 valence electrons. The van der Waals surface area contributed by atoms with E-state index < -0.39 is 0 Å². The molecule has 0 fully saturated rings. The molecule has 0 saturated carbocycles. The first-order chi connectivity index (χ1) is 8.84. The number of hydrogen-bond donors (Lipinski definition) is 0. The number of benzene rings is 1. The van der Waals surface area contributed by atoms with Crippen LogP contribution in [0.2, 0.25) is 0 Å². The summed E-state index contributed by atoms with van der Waals surface area (Å²) in [5.74, 6) is 0.958. The molecule has 0 radical (unpaired) electrons. The molecule has 1 nitrogen and oxygen atoms in total. The largest absolute Gasteiger partial charge is 0.376 e. The predicted molar refractivity (Wildman–Crippen MR) is 87.6 cm³/mol. The molecule has 0 aliphatic heterocycles. The molecule has 0 N–H and O–H groups in total. The van der Waals surface area contributed by atoms with Crippen molar-refractivity contribution in [2.24, 2.45) is 0 Å². The minimum atomic E-state index is -0.256. The molecule has 0 heterocycles. The van der Waals surface area contributed by atoms with Crippen molar-refractivity contribution in [2.45, 2.75) is 38.2 Å². The number of ether oxygens (including phenoxy) is 1. The Bertz CT molecular complexity index is 397. The molecule has 1 aromatic rings. The Kier molecular flexibility index (Phi) is 6.65. The van der Waals surface area contributed by atoms with E-state index >= 15 is 0 Å². The van der Waals surface area contributed by atoms with E-state index in [1.54, 1.807) is 0 Å². The molecular formula is C15H21BrCl2O. The quantitative estimate of drug-likeness (QED) is 0.614. The molecule has 0 spiro atoms. The molecule has 0 bridgehead atoms. The van der Waals surface area contributed by atoms with Crippen LogP contribution < -0.4 is 0 Å². The average molecular weight is 368 g/mol. The van der Waals surface area contributed by atoms with Crippen LogP contribution in [0.25, 0.3) is 0 Å². The summed E-state index contributed by atoms with van der Waals surface area (Å²) < 4.78 is 6.87. The topological polar surface area (TPSA) is 9.23 Å². The average Bonchev–Trinajstić information content (AvgIpc) is 2.35. The number of halogens is 3. The van der Waals surface area contributed by atoms with Crippen molar-refractivity contribution >= 4 is 39.1 Å². The number of rotatable bonds is 6. The lowest BCUT2D eigenvalue weighted by Gasteiger charge is -2.32. The van der Waals surface area contributed by atoms with E-state index in [9.17, 15) is 0 Å². The molecule has 19 heavy (non-hydrogen) atoms. The fraction of sp³-hybridized carbons (Fsp3) is 0.600. The van der Waals surface area contributed by atoms with Gasteiger partial charge in [-0.05, 0) is 38.8 Å². The summed E-state index contributed by atoms with van der Waals surface area (Å²) in [5, 5.41) is 0. The third kappa shape index (κ3) is 4.93. The number of alkyl halides is 2. The van der Waals surface area contributed by atoms with Crippen LogP contribution >= 0.6 is 39.1 Å². The van der Waals surface area contributed by atoms with Gasteiger partial charge in [0.1, 0.15) is 0 Å². The monoisotopic (exact) mass is 366 g/mol. The van der Waals surface area contributed by atoms with E-state index in [0.717, 1.165) is 16.5 Å². The second kappa shape index (κ2) is 7.31. The van der Waals surface area contributed by atoms with Crippen molar-refractivity contribution in [3.05, 3.63) is 34.3 Å². The van der Waals surface area contributed by atoms with Gasteiger partial charge < -0.3 is 4.74 Å². The van der Waals surface area contributed by atoms with Crippen molar-refractivity contribution < 1.29 is 4.74 Å². The van der Waals surface area contributed by atoms with Crippen LogP contribution in [0.3, 0.4) is 0 Å². The maximum Gasteiger partial charge on any atom is 0.0598 e. The van der Waals surface area contributed by atoms with Crippen LogP contribution in [0.5, 0.6) is 0 Å². The molecule has 4 heteroatoms. The van der Waals surface area contributed by atoms with Gasteiger partial charge in [-0.15, -0.1) is 23.2 Å². The van der Waals surface area contributed by atoms with Gasteiger partial charge in [-0.1, -0.05) is 34.1 Å². The maximum atomic E-state index is 6.22. The zero-order valence-electron chi connectivity index (χ0n) is 11.7. The second-order valence-electron chi connectivity index (χ2n) is 5.74. The smallest absolute Gasteiger partial charge is 0.0598 e. The molecule has 0 aliphatic carbocycles. The van der Waals surface area contributed by atoms with E-state index in [2.05, 4.69) is 42.8 Å². The Hall–Kier alpha value is 0.240. The van der Waals surface area contributed by atoms with Crippen molar-refractivity contribution in [3.63, 3.8) is 0 Å². The first kappa shape index (κ1) is 17.3. The molecule has 0 aliphatic rings. The predicted octanol–water partition coefficient (Wildman–Crippen LogP) is 5.37. The lowest BCUT2D eigenvalue weighted by Crippen LogP contribution is -2.34. The fourth-order valence-electron chi connectivity index (χ4n) is 1.89. The molecule has 0 aromatic heterocycles. The number of hydrogen-bond acceptors (Lipinski definition) is 1. The van der Waals surface area contributed by atoms with Crippen LogP contribution in [0.4, 0.5) is 0 Å². The zero-order valence-corrected chi connectivity index (χ0v) is 14.8. The van der Waals surface area contributed by atoms with Gasteiger partial charge in [0.05, 0.1) is 5.60 Å². The Labute approximate surface area is 134 Å². The van der Waals surface area contributed by atoms with Crippen LogP contribution in [-0.4, -0.2) is 24.0 Å². The van der Waals surface area contributed by atoms with E-state index in [1.165, 1.54) is 0 Å². The van der Waals surface area contributed by atoms with Gasteiger partial charge in [0, 0.05) is 28.3 Å². The lowest BCUT2D eigenvalue weighted by atomic mass is 9.81. The third-order valence-electron chi connectivity index (χ3n) is 3.07. The first-order valence-corrected chi connectivity index (χ1v) is 8.22. The van der Waals surface area contributed by atoms with Gasteiger partial charge in [-0.3, -0.25) is 0 Å². The van der Waals surface area contributed by atoms with E-state index in [1.807, 2.05) is 18.2 Å². The third-order valence-corrected chi connectivity index (χ3v) is 4.79. The molecule has 0 saturated heterocycles. The van der Waals surface area contributed by atoms with Crippen LogP contribution in [0, 0.1) is 0 Å². The molecule has 0 atom stereocenters. The highest BCUT2D eigenvalue weighted by Gasteiger charge is 2.32. The van der Waals surface area contributed by atoms with Crippen LogP contribution in [0.1, 0.15) is 32.8 Å². The van der Waals surface area contributed by atoms with Crippen molar-refractivity contribution in [1.29, 1.82) is 0 Å². The summed E-state index contributed by atoms with van der Waals surface area (Å²) in [6.07, 6.45) is 0.805. The van der Waals surface area contributed by atoms with Crippen molar-refractivity contribution in [2.75, 3.05) is 18.4 Å². The minimum Gasteiger partial charge on any atom is -0.376 e. The van der Waals surface area contributed by atoms with Crippen LogP contribution in [-0.2, 0) is 10.2 Å². The standard InChI is InChI=1S/C15H21BrCl2O/c1-14(2,3)19-9-8-15(10-17,11-18)12-6-4-5-7-13(12)16/h4-7H,8-11H2,1-3H3. The van der Waals surface area contributed by atoms with Gasteiger partial charge in [0.2, 0.25) is 0 Å². The SMILES string of the molecule is CC(C)(C)OCCC(CCl)(CCl)c1ccccc1Br. The molecule has 1 aromatic carbocycles. The van der Waals surface area contributed by atoms with E-state index in [4.69, 9.17) is 27.9 Å². The molecule has 0 unspecified atom stereocenters. The maximum absolute atomic E-state index is 6.22. The Morgan fingerprint density at radius 3 is 2.16 bits per heavy atom. The van der Waals surface area contributed by atoms with Gasteiger partial charge in [0.15, 0.2) is 0 Å². The van der Waals surface area contributed by atoms with Gasteiger partial charge in [-0.2, -0.15) is 0 Å². The summed E-state index contributed by atoms with van der Waals surface area (Å²) in [5.41, 5.74) is 0.754. The van der Waals surface area contributed by atoms with Crippen LogP contribution in [0.15, 0.2) is 28.7 Å². The second-order valence-corrected chi connectivity index (χ2v) is 7.13. The Morgan fingerprint density at radius 1 is 1.11 bits per heavy atom. The first-order valence-electron chi connectivity index (χ1n) is 6.35. The Balaban J connectivity index is 2.89. The fourth-order valence-corrected chi connectivity index (χ4v) is 3.44. The summed E-state index contributed by atoms with van der Waals surface area (Å²) in [6, 6.07) is 8.10. The summed E-state index contributed by atoms with van der Waals surface area (Å²) in [7, 11) is 0. The Morgan fingerprint density at radius 2 is 1.68 bits per heavy atom. The molecule has 1 rings (SSSR count). The highest BCUT2D eigenvalue weighted by molar-refractivity contribution is 9.10. The summed E-state index contributed by atoms with van der Waals surface area (Å²) in [6.45, 7) is 6.79. The van der Waals surface area contributed by atoms with Crippen molar-refractivity contribution in [3.8, 4) is 0 Å². The highest BCUT2D eigenvalue weighted by Crippen LogP contribution is 2.36. The zero-order chi connectivity index (χ0) is 14.5. The normalized spacial score (nSPS) is 12.7. The molecular weight excluding hydrogens is 347 g/mol. The van der Waals surface area contributed by atoms with E-state index in [0.29, 0.717) is 18.4 Å². The summed E-state index contributed by atoms with van der Waals surface area (Å²) >= 11 is 16.0. The minimum absolute atomic E-state index is 0.141. The highest BCUT2D eigenvalue weighted by atomic mass is 79.9. The summed E-state index contributed by atoms with van der Waals surface area (Å²) in [4.78, 5) is 0. The lowest BCUT2D eigenvalue weighted by molar-refractivity contribution is -0.00966. The van der Waals surface area contributed by atoms with Crippen molar-refractivity contribution in [1.82, 2.24) is 0 Å². The van der Waals surface area contributed by atoms with Gasteiger partial charge in [0.25, 0.3) is 0 Å². The van der Waals surface area contributed by atoms with E-state index in [-0.39, 0.29) is 11.0 Å². The van der Waals surface area contributed by atoms with Gasteiger partial charge >= 0.3 is 0 Å². The molecule has 0 amide bonds. The van der Waals surface area contributed by atoms with Gasteiger partial charge in [-0.25, -0.2) is 0 Å².